The summed E-state index contributed by atoms with van der Waals surface area (Å²) in [4.78, 5) is 39.7. The van der Waals surface area contributed by atoms with Gasteiger partial charge in [-0.15, -0.1) is 0 Å². The molecule has 0 saturated carbocycles. The summed E-state index contributed by atoms with van der Waals surface area (Å²) in [5.74, 6) is -0.762. The molecular weight excluding hydrogens is 294 g/mol. The lowest BCUT2D eigenvalue weighted by atomic mass is 9.81. The number of nitrogens with zero attached hydrogens (tertiary/aromatic N) is 2. The molecular formula is C17H31N3O3. The maximum Gasteiger partial charge on any atom is 0.226 e. The number of amides is 3. The number of carbonyl (C=O) groups is 3. The molecule has 1 aliphatic rings. The van der Waals surface area contributed by atoms with Gasteiger partial charge >= 0.3 is 0 Å². The first-order chi connectivity index (χ1) is 10.8. The predicted molar refractivity (Wildman–Crippen MR) is 89.4 cm³/mol. The summed E-state index contributed by atoms with van der Waals surface area (Å²) in [5, 5.41) is 0. The molecule has 0 aliphatic carbocycles. The van der Waals surface area contributed by atoms with Gasteiger partial charge in [-0.25, -0.2) is 0 Å². The van der Waals surface area contributed by atoms with Crippen LogP contribution in [-0.2, 0) is 14.4 Å². The van der Waals surface area contributed by atoms with E-state index in [1.54, 1.807) is 16.7 Å². The van der Waals surface area contributed by atoms with Gasteiger partial charge in [-0.05, 0) is 18.8 Å². The molecule has 1 rings (SSSR count). The standard InChI is InChI=1S/C17H31N3O3/c1-5-6-14(16(18)22)15(11-12(2)3)17(23)20-9-7-19(8-10-20)13(4)21/h12,14-15H,5-11H2,1-4H3,(H2,18,22). The predicted octanol–water partition coefficient (Wildman–Crippen LogP) is 1.24. The highest BCUT2D eigenvalue weighted by atomic mass is 16.2. The monoisotopic (exact) mass is 325 g/mol. The van der Waals surface area contributed by atoms with Gasteiger partial charge in [0.1, 0.15) is 0 Å². The Hall–Kier alpha value is -1.59. The zero-order valence-corrected chi connectivity index (χ0v) is 14.9. The van der Waals surface area contributed by atoms with E-state index in [0.717, 1.165) is 6.42 Å². The average Bonchev–Trinajstić information content (AvgIpc) is 2.49. The third-order valence-corrected chi connectivity index (χ3v) is 4.53. The van der Waals surface area contributed by atoms with Crippen molar-refractivity contribution in [2.75, 3.05) is 26.2 Å². The molecule has 0 aromatic rings. The number of piperazine rings is 1. The Kier molecular flexibility index (Phi) is 7.52. The van der Waals surface area contributed by atoms with E-state index in [4.69, 9.17) is 5.73 Å². The van der Waals surface area contributed by atoms with E-state index in [0.29, 0.717) is 44.9 Å². The summed E-state index contributed by atoms with van der Waals surface area (Å²) in [6, 6.07) is 0. The highest BCUT2D eigenvalue weighted by Gasteiger charge is 2.36. The molecule has 1 heterocycles. The van der Waals surface area contributed by atoms with Crippen molar-refractivity contribution in [1.82, 2.24) is 9.80 Å². The van der Waals surface area contributed by atoms with E-state index >= 15 is 0 Å². The Labute approximate surface area is 139 Å². The van der Waals surface area contributed by atoms with Crippen molar-refractivity contribution in [3.8, 4) is 0 Å². The van der Waals surface area contributed by atoms with Crippen molar-refractivity contribution in [1.29, 1.82) is 0 Å². The topological polar surface area (TPSA) is 83.7 Å². The molecule has 1 fully saturated rings. The van der Waals surface area contributed by atoms with E-state index in [1.807, 2.05) is 6.92 Å². The summed E-state index contributed by atoms with van der Waals surface area (Å²) in [6.07, 6.45) is 2.14. The Morgan fingerprint density at radius 1 is 1.00 bits per heavy atom. The molecule has 0 aromatic heterocycles. The number of nitrogens with two attached hydrogens (primary N) is 1. The van der Waals surface area contributed by atoms with Crippen LogP contribution in [-0.4, -0.2) is 53.7 Å². The van der Waals surface area contributed by atoms with Crippen molar-refractivity contribution in [3.05, 3.63) is 0 Å². The summed E-state index contributed by atoms with van der Waals surface area (Å²) in [7, 11) is 0. The molecule has 0 radical (unpaired) electrons. The van der Waals surface area contributed by atoms with Crippen LogP contribution in [0.5, 0.6) is 0 Å². The van der Waals surface area contributed by atoms with Gasteiger partial charge in [0.05, 0.1) is 0 Å². The molecule has 1 saturated heterocycles. The lowest BCUT2D eigenvalue weighted by molar-refractivity contribution is -0.145. The molecule has 6 heteroatoms. The van der Waals surface area contributed by atoms with E-state index in [1.165, 1.54) is 0 Å². The Bertz CT molecular complexity index is 429. The van der Waals surface area contributed by atoms with E-state index in [-0.39, 0.29) is 23.6 Å². The van der Waals surface area contributed by atoms with Crippen LogP contribution in [0, 0.1) is 17.8 Å². The average molecular weight is 325 g/mol. The molecule has 2 N–H and O–H groups in total. The van der Waals surface area contributed by atoms with Crippen molar-refractivity contribution in [2.45, 2.75) is 47.0 Å². The highest BCUT2D eigenvalue weighted by Crippen LogP contribution is 2.27. The van der Waals surface area contributed by atoms with Crippen LogP contribution >= 0.6 is 0 Å². The second-order valence-corrected chi connectivity index (χ2v) is 6.86. The fourth-order valence-electron chi connectivity index (χ4n) is 3.27. The largest absolute Gasteiger partial charge is 0.369 e. The molecule has 0 spiro atoms. The summed E-state index contributed by atoms with van der Waals surface area (Å²) in [6.45, 7) is 9.84. The van der Waals surface area contributed by atoms with Gasteiger partial charge in [0.15, 0.2) is 0 Å². The number of hydrogen-bond donors (Lipinski definition) is 1. The molecule has 1 aliphatic heterocycles. The van der Waals surface area contributed by atoms with Crippen molar-refractivity contribution in [3.63, 3.8) is 0 Å². The Morgan fingerprint density at radius 3 is 1.91 bits per heavy atom. The lowest BCUT2D eigenvalue weighted by Crippen LogP contribution is -2.53. The minimum Gasteiger partial charge on any atom is -0.369 e. The first-order valence-corrected chi connectivity index (χ1v) is 8.61. The van der Waals surface area contributed by atoms with Gasteiger partial charge in [-0.2, -0.15) is 0 Å². The molecule has 6 nitrogen and oxygen atoms in total. The lowest BCUT2D eigenvalue weighted by Gasteiger charge is -2.37. The third kappa shape index (κ3) is 5.52. The van der Waals surface area contributed by atoms with Gasteiger partial charge in [0.25, 0.3) is 0 Å². The maximum atomic E-state index is 12.9. The molecule has 3 amide bonds. The fraction of sp³-hybridized carbons (Fsp3) is 0.824. The minimum atomic E-state index is -0.402. The van der Waals surface area contributed by atoms with Crippen LogP contribution in [0.3, 0.4) is 0 Å². The van der Waals surface area contributed by atoms with Crippen molar-refractivity contribution < 1.29 is 14.4 Å². The normalized spacial score (nSPS) is 18.0. The highest BCUT2D eigenvalue weighted by molar-refractivity contribution is 5.87. The summed E-state index contributed by atoms with van der Waals surface area (Å²) in [5.41, 5.74) is 5.57. The smallest absolute Gasteiger partial charge is 0.226 e. The number of primary amides is 1. The third-order valence-electron chi connectivity index (χ3n) is 4.53. The zero-order chi connectivity index (χ0) is 17.6. The van der Waals surface area contributed by atoms with Crippen LogP contribution in [0.15, 0.2) is 0 Å². The second kappa shape index (κ2) is 8.89. The van der Waals surface area contributed by atoms with Crippen molar-refractivity contribution in [2.24, 2.45) is 23.5 Å². The van der Waals surface area contributed by atoms with Gasteiger partial charge < -0.3 is 15.5 Å². The summed E-state index contributed by atoms with van der Waals surface area (Å²) >= 11 is 0. The summed E-state index contributed by atoms with van der Waals surface area (Å²) < 4.78 is 0. The van der Waals surface area contributed by atoms with Crippen LogP contribution in [0.4, 0.5) is 0 Å². The van der Waals surface area contributed by atoms with Crippen LogP contribution < -0.4 is 5.73 Å². The van der Waals surface area contributed by atoms with E-state index in [2.05, 4.69) is 13.8 Å². The van der Waals surface area contributed by atoms with Gasteiger partial charge in [0.2, 0.25) is 17.7 Å². The van der Waals surface area contributed by atoms with Gasteiger partial charge in [-0.3, -0.25) is 14.4 Å². The second-order valence-electron chi connectivity index (χ2n) is 6.86. The Morgan fingerprint density at radius 2 is 1.52 bits per heavy atom. The SMILES string of the molecule is CCCC(C(N)=O)C(CC(C)C)C(=O)N1CCN(C(C)=O)CC1. The molecule has 2 atom stereocenters. The van der Waals surface area contributed by atoms with Crippen LogP contribution in [0.25, 0.3) is 0 Å². The molecule has 132 valence electrons. The van der Waals surface area contributed by atoms with Gasteiger partial charge in [-0.1, -0.05) is 27.2 Å². The van der Waals surface area contributed by atoms with E-state index < -0.39 is 5.92 Å². The van der Waals surface area contributed by atoms with E-state index in [9.17, 15) is 14.4 Å². The molecule has 2 unspecified atom stereocenters. The quantitative estimate of drug-likeness (QED) is 0.764. The Balaban J connectivity index is 2.83. The first-order valence-electron chi connectivity index (χ1n) is 8.61. The van der Waals surface area contributed by atoms with Gasteiger partial charge in [0, 0.05) is 44.9 Å². The fourth-order valence-corrected chi connectivity index (χ4v) is 3.27. The maximum absolute atomic E-state index is 12.9. The van der Waals surface area contributed by atoms with Crippen molar-refractivity contribution >= 4 is 17.7 Å². The van der Waals surface area contributed by atoms with Crippen LogP contribution in [0.1, 0.15) is 47.0 Å². The van der Waals surface area contributed by atoms with Crippen LogP contribution in [0.2, 0.25) is 0 Å². The first kappa shape index (κ1) is 19.5. The molecule has 23 heavy (non-hydrogen) atoms. The minimum absolute atomic E-state index is 0.0131. The zero-order valence-electron chi connectivity index (χ0n) is 14.9. The molecule has 0 aromatic carbocycles. The number of rotatable bonds is 7. The number of hydrogen-bond acceptors (Lipinski definition) is 3. The number of carbonyl (C=O) groups excluding carboxylic acids is 3. The molecule has 0 bridgehead atoms.